The maximum atomic E-state index is 12.7. The second-order valence-electron chi connectivity index (χ2n) is 6.28. The molecule has 0 unspecified atom stereocenters. The van der Waals surface area contributed by atoms with Gasteiger partial charge in [-0.25, -0.2) is 0 Å². The van der Waals surface area contributed by atoms with E-state index in [0.29, 0.717) is 23.1 Å². The van der Waals surface area contributed by atoms with Crippen LogP contribution in [0.3, 0.4) is 0 Å². The molecule has 0 saturated heterocycles. The van der Waals surface area contributed by atoms with Gasteiger partial charge in [0, 0.05) is 31.6 Å². The van der Waals surface area contributed by atoms with Crippen LogP contribution in [-0.2, 0) is 11.3 Å². The number of hydrogen-bond donors (Lipinski definition) is 0. The van der Waals surface area contributed by atoms with Gasteiger partial charge in [0.2, 0.25) is 5.91 Å². The quantitative estimate of drug-likeness (QED) is 0.626. The fraction of sp³-hybridized carbons (Fsp3) is 0.300. The van der Waals surface area contributed by atoms with Gasteiger partial charge < -0.3 is 9.80 Å². The normalized spacial score (nSPS) is 11.3. The van der Waals surface area contributed by atoms with E-state index in [-0.39, 0.29) is 5.91 Å². The minimum atomic E-state index is -0.0355. The van der Waals surface area contributed by atoms with Gasteiger partial charge in [-0.15, -0.1) is 0 Å². The van der Waals surface area contributed by atoms with Crippen LogP contribution in [-0.4, -0.2) is 47.9 Å². The molecule has 2 aromatic rings. The second kappa shape index (κ2) is 10.3. The number of amides is 1. The van der Waals surface area contributed by atoms with E-state index in [0.717, 1.165) is 24.1 Å². The molecule has 0 aliphatic rings. The van der Waals surface area contributed by atoms with Crippen LogP contribution in [0.25, 0.3) is 6.08 Å². The van der Waals surface area contributed by atoms with E-state index in [2.05, 4.69) is 9.88 Å². The van der Waals surface area contributed by atoms with Crippen LogP contribution in [0.4, 0.5) is 0 Å². The van der Waals surface area contributed by atoms with E-state index >= 15 is 0 Å². The molecule has 0 spiro atoms. The van der Waals surface area contributed by atoms with E-state index in [4.69, 9.17) is 23.2 Å². The average molecular weight is 392 g/mol. The summed E-state index contributed by atoms with van der Waals surface area (Å²) < 4.78 is 0. The molecule has 1 aromatic heterocycles. The lowest BCUT2D eigenvalue weighted by Crippen LogP contribution is -2.31. The molecule has 1 aromatic carbocycles. The third-order valence-electron chi connectivity index (χ3n) is 3.83. The van der Waals surface area contributed by atoms with Crippen LogP contribution in [0.1, 0.15) is 17.5 Å². The number of aromatic nitrogens is 1. The second-order valence-corrected chi connectivity index (χ2v) is 7.09. The Hall–Kier alpha value is -1.88. The highest BCUT2D eigenvalue weighted by Crippen LogP contribution is 2.23. The largest absolute Gasteiger partial charge is 0.335 e. The molecular formula is C20H23Cl2N3O. The molecule has 6 heteroatoms. The van der Waals surface area contributed by atoms with E-state index in [9.17, 15) is 4.79 Å². The maximum Gasteiger partial charge on any atom is 0.246 e. The Morgan fingerprint density at radius 3 is 2.46 bits per heavy atom. The van der Waals surface area contributed by atoms with Gasteiger partial charge >= 0.3 is 0 Å². The number of carbonyl (C=O) groups is 1. The van der Waals surface area contributed by atoms with Crippen molar-refractivity contribution in [2.45, 2.75) is 13.0 Å². The summed E-state index contributed by atoms with van der Waals surface area (Å²) >= 11 is 12.1. The Morgan fingerprint density at radius 1 is 1.08 bits per heavy atom. The van der Waals surface area contributed by atoms with Gasteiger partial charge in [0.25, 0.3) is 0 Å². The summed E-state index contributed by atoms with van der Waals surface area (Å²) in [6, 6.07) is 9.18. The molecule has 0 fully saturated rings. The number of hydrogen-bond acceptors (Lipinski definition) is 3. The van der Waals surface area contributed by atoms with Crippen LogP contribution in [0, 0.1) is 0 Å². The lowest BCUT2D eigenvalue weighted by atomic mass is 10.2. The number of carbonyl (C=O) groups excluding carboxylic acids is 1. The smallest absolute Gasteiger partial charge is 0.246 e. The molecule has 138 valence electrons. The maximum absolute atomic E-state index is 12.7. The van der Waals surface area contributed by atoms with Gasteiger partial charge in [-0.3, -0.25) is 9.78 Å². The highest BCUT2D eigenvalue weighted by Gasteiger charge is 2.12. The highest BCUT2D eigenvalue weighted by atomic mass is 35.5. The van der Waals surface area contributed by atoms with Crippen LogP contribution in [0.15, 0.2) is 48.8 Å². The molecule has 0 aliphatic heterocycles. The van der Waals surface area contributed by atoms with Crippen LogP contribution < -0.4 is 0 Å². The molecule has 2 rings (SSSR count). The Morgan fingerprint density at radius 2 is 1.81 bits per heavy atom. The molecule has 26 heavy (non-hydrogen) atoms. The number of halogens is 2. The molecule has 0 aliphatic carbocycles. The topological polar surface area (TPSA) is 36.4 Å². The minimum absolute atomic E-state index is 0.0355. The first-order valence-corrected chi connectivity index (χ1v) is 9.17. The zero-order valence-corrected chi connectivity index (χ0v) is 16.5. The molecule has 0 bridgehead atoms. The first-order valence-electron chi connectivity index (χ1n) is 8.41. The lowest BCUT2D eigenvalue weighted by Gasteiger charge is -2.22. The van der Waals surface area contributed by atoms with Crippen LogP contribution in [0.2, 0.25) is 10.0 Å². The molecular weight excluding hydrogens is 369 g/mol. The number of nitrogens with zero attached hydrogens (tertiary/aromatic N) is 3. The number of pyridine rings is 1. The van der Waals surface area contributed by atoms with Gasteiger partial charge in [-0.1, -0.05) is 29.3 Å². The van der Waals surface area contributed by atoms with Gasteiger partial charge in [-0.2, -0.15) is 0 Å². The molecule has 4 nitrogen and oxygen atoms in total. The zero-order chi connectivity index (χ0) is 18.9. The molecule has 0 radical (unpaired) electrons. The summed E-state index contributed by atoms with van der Waals surface area (Å²) in [5.41, 5.74) is 1.89. The van der Waals surface area contributed by atoms with Crippen molar-refractivity contribution in [3.8, 4) is 0 Å². The number of rotatable bonds is 8. The summed E-state index contributed by atoms with van der Waals surface area (Å²) in [5.74, 6) is -0.0355. The minimum Gasteiger partial charge on any atom is -0.335 e. The van der Waals surface area contributed by atoms with Gasteiger partial charge in [0.15, 0.2) is 0 Å². The Labute approximate surface area is 165 Å². The van der Waals surface area contributed by atoms with Gasteiger partial charge in [0.05, 0.1) is 10.0 Å². The predicted octanol–water partition coefficient (Wildman–Crippen LogP) is 4.38. The Bertz CT molecular complexity index is 748. The van der Waals surface area contributed by atoms with Crippen molar-refractivity contribution in [3.05, 3.63) is 70.0 Å². The molecule has 1 amide bonds. The highest BCUT2D eigenvalue weighted by molar-refractivity contribution is 6.42. The van der Waals surface area contributed by atoms with E-state index < -0.39 is 0 Å². The molecule has 0 N–H and O–H groups in total. The van der Waals surface area contributed by atoms with E-state index in [1.54, 1.807) is 30.6 Å². The summed E-state index contributed by atoms with van der Waals surface area (Å²) in [6.07, 6.45) is 7.70. The Balaban J connectivity index is 2.09. The van der Waals surface area contributed by atoms with Crippen LogP contribution >= 0.6 is 23.2 Å². The van der Waals surface area contributed by atoms with Crippen molar-refractivity contribution in [1.29, 1.82) is 0 Å². The average Bonchev–Trinajstić information content (AvgIpc) is 2.62. The zero-order valence-electron chi connectivity index (χ0n) is 15.0. The van der Waals surface area contributed by atoms with Crippen molar-refractivity contribution in [3.63, 3.8) is 0 Å². The molecule has 0 saturated carbocycles. The standard InChI is InChI=1S/C20H23Cl2N3O/c1-24(2)12-3-13-25(15-17-4-6-18(21)19(22)14-17)20(26)7-5-16-8-10-23-11-9-16/h4-11,14H,3,12-13,15H2,1-2H3/b7-5-. The summed E-state index contributed by atoms with van der Waals surface area (Å²) in [5, 5.41) is 1.01. The van der Waals surface area contributed by atoms with Crippen molar-refractivity contribution >= 4 is 35.2 Å². The lowest BCUT2D eigenvalue weighted by molar-refractivity contribution is -0.126. The molecule has 1 heterocycles. The van der Waals surface area contributed by atoms with Crippen molar-refractivity contribution < 1.29 is 4.79 Å². The summed E-state index contributed by atoms with van der Waals surface area (Å²) in [4.78, 5) is 20.6. The van der Waals surface area contributed by atoms with Gasteiger partial charge in [0.1, 0.15) is 0 Å². The monoisotopic (exact) mass is 391 g/mol. The van der Waals surface area contributed by atoms with Gasteiger partial charge in [-0.05, 0) is 68.5 Å². The van der Waals surface area contributed by atoms with Crippen molar-refractivity contribution in [1.82, 2.24) is 14.8 Å². The Kier molecular flexibility index (Phi) is 8.10. The summed E-state index contributed by atoms with van der Waals surface area (Å²) in [7, 11) is 4.04. The SMILES string of the molecule is CN(C)CCCN(Cc1ccc(Cl)c(Cl)c1)C(=O)/C=C\c1ccncc1. The fourth-order valence-electron chi connectivity index (χ4n) is 2.45. The first-order chi connectivity index (χ1) is 12.5. The third kappa shape index (κ3) is 6.79. The summed E-state index contributed by atoms with van der Waals surface area (Å²) in [6.45, 7) is 2.07. The third-order valence-corrected chi connectivity index (χ3v) is 4.57. The van der Waals surface area contributed by atoms with Crippen LogP contribution in [0.5, 0.6) is 0 Å². The van der Waals surface area contributed by atoms with Crippen molar-refractivity contribution in [2.75, 3.05) is 27.2 Å². The first kappa shape index (κ1) is 20.4. The fourth-order valence-corrected chi connectivity index (χ4v) is 2.77. The predicted molar refractivity (Wildman–Crippen MR) is 108 cm³/mol. The number of benzene rings is 1. The molecule has 0 atom stereocenters. The van der Waals surface area contributed by atoms with Crippen molar-refractivity contribution in [2.24, 2.45) is 0 Å². The van der Waals surface area contributed by atoms with E-state index in [1.165, 1.54) is 0 Å². The van der Waals surface area contributed by atoms with E-state index in [1.807, 2.05) is 43.3 Å².